The van der Waals surface area contributed by atoms with Crippen LogP contribution in [-0.4, -0.2) is 58.0 Å². The molecule has 5 nitrogen and oxygen atoms in total. The third-order valence-corrected chi connectivity index (χ3v) is 2.17. The number of hydrogen-bond acceptors (Lipinski definition) is 4. The van der Waals surface area contributed by atoms with Crippen molar-refractivity contribution in [3.63, 3.8) is 0 Å². The van der Waals surface area contributed by atoms with Gasteiger partial charge in [0, 0.05) is 6.54 Å². The number of carboxylic acids is 1. The monoisotopic (exact) mass is 191 g/mol. The number of likely N-dealkylation sites (N-methyl/N-ethyl adjacent to an activating group) is 1. The van der Waals surface area contributed by atoms with Crippen molar-refractivity contribution >= 4 is 5.97 Å². The van der Waals surface area contributed by atoms with E-state index in [-0.39, 0.29) is 13.2 Å². The number of carbonyl (C=O) groups is 1. The first-order valence-corrected chi connectivity index (χ1v) is 4.06. The molecule has 5 heteroatoms. The van der Waals surface area contributed by atoms with E-state index >= 15 is 0 Å². The first kappa shape index (κ1) is 12.3. The number of aliphatic hydroxyl groups excluding tert-OH is 2. The molecule has 0 heterocycles. The molecule has 0 aromatic carbocycles. The standard InChI is InChI=1S/C8H17NO4/c1-8(2,7(12)13)9(3)4-6(11)5-10/h6,10-11H,4-5H2,1-3H3,(H,12,13). The lowest BCUT2D eigenvalue weighted by Gasteiger charge is -2.32. The summed E-state index contributed by atoms with van der Waals surface area (Å²) in [6.45, 7) is 2.86. The number of aliphatic carboxylic acids is 1. The SMILES string of the molecule is CN(CC(O)CO)C(C)(C)C(=O)O. The Labute approximate surface area is 77.6 Å². The average Bonchev–Trinajstić information content (AvgIpc) is 2.03. The van der Waals surface area contributed by atoms with E-state index in [1.54, 1.807) is 20.9 Å². The first-order valence-electron chi connectivity index (χ1n) is 4.06. The van der Waals surface area contributed by atoms with Crippen LogP contribution in [0.15, 0.2) is 0 Å². The molecule has 3 N–H and O–H groups in total. The van der Waals surface area contributed by atoms with Crippen LogP contribution in [0.5, 0.6) is 0 Å². The Morgan fingerprint density at radius 3 is 2.31 bits per heavy atom. The molecule has 0 aliphatic rings. The summed E-state index contributed by atoms with van der Waals surface area (Å²) in [4.78, 5) is 12.2. The normalized spacial score (nSPS) is 14.6. The molecule has 1 unspecified atom stereocenters. The van der Waals surface area contributed by atoms with Gasteiger partial charge in [-0.25, -0.2) is 0 Å². The quantitative estimate of drug-likeness (QED) is 0.526. The van der Waals surface area contributed by atoms with Crippen LogP contribution >= 0.6 is 0 Å². The zero-order chi connectivity index (χ0) is 10.6. The van der Waals surface area contributed by atoms with Gasteiger partial charge in [-0.3, -0.25) is 9.69 Å². The highest BCUT2D eigenvalue weighted by molar-refractivity contribution is 5.77. The predicted molar refractivity (Wildman–Crippen MR) is 47.4 cm³/mol. The van der Waals surface area contributed by atoms with Gasteiger partial charge in [-0.15, -0.1) is 0 Å². The van der Waals surface area contributed by atoms with Gasteiger partial charge >= 0.3 is 5.97 Å². The molecule has 0 rings (SSSR count). The van der Waals surface area contributed by atoms with E-state index < -0.39 is 17.6 Å². The van der Waals surface area contributed by atoms with Crippen molar-refractivity contribution in [3.8, 4) is 0 Å². The molecule has 0 spiro atoms. The number of aliphatic hydroxyl groups is 2. The van der Waals surface area contributed by atoms with Crippen LogP contribution in [0.2, 0.25) is 0 Å². The Morgan fingerprint density at radius 2 is 2.00 bits per heavy atom. The molecule has 0 bridgehead atoms. The van der Waals surface area contributed by atoms with Crippen LogP contribution in [0.25, 0.3) is 0 Å². The Hall–Kier alpha value is -0.650. The number of nitrogens with zero attached hydrogens (tertiary/aromatic N) is 1. The maximum atomic E-state index is 10.7. The summed E-state index contributed by atoms with van der Waals surface area (Å²) in [6.07, 6.45) is -0.899. The van der Waals surface area contributed by atoms with Crippen molar-refractivity contribution < 1.29 is 20.1 Å². The second-order valence-electron chi connectivity index (χ2n) is 3.58. The molecular weight excluding hydrogens is 174 g/mol. The zero-order valence-corrected chi connectivity index (χ0v) is 8.19. The lowest BCUT2D eigenvalue weighted by atomic mass is 10.0. The van der Waals surface area contributed by atoms with Gasteiger partial charge in [0.1, 0.15) is 5.54 Å². The second-order valence-corrected chi connectivity index (χ2v) is 3.58. The molecule has 78 valence electrons. The Bertz CT molecular complexity index is 181. The molecular formula is C8H17NO4. The van der Waals surface area contributed by atoms with E-state index in [0.29, 0.717) is 0 Å². The molecule has 0 aliphatic heterocycles. The van der Waals surface area contributed by atoms with Gasteiger partial charge in [0.05, 0.1) is 12.7 Å². The second kappa shape index (κ2) is 4.55. The average molecular weight is 191 g/mol. The molecule has 1 atom stereocenters. The molecule has 0 radical (unpaired) electrons. The third kappa shape index (κ3) is 3.30. The van der Waals surface area contributed by atoms with E-state index in [4.69, 9.17) is 15.3 Å². The largest absolute Gasteiger partial charge is 0.480 e. The number of rotatable bonds is 5. The third-order valence-electron chi connectivity index (χ3n) is 2.17. The number of β-amino-alcohol motifs (C(OH)–C–C–N with tert-alkyl or cyclic N) is 1. The predicted octanol–water partition coefficient (Wildman–Crippen LogP) is -0.865. The summed E-state index contributed by atoms with van der Waals surface area (Å²) in [6, 6.07) is 0. The number of carboxylic acid groups (broad SMARTS) is 1. The minimum Gasteiger partial charge on any atom is -0.480 e. The maximum Gasteiger partial charge on any atom is 0.323 e. The molecule has 0 amide bonds. The minimum atomic E-state index is -1.03. The maximum absolute atomic E-state index is 10.7. The highest BCUT2D eigenvalue weighted by Gasteiger charge is 2.32. The minimum absolute atomic E-state index is 0.135. The van der Waals surface area contributed by atoms with Crippen LogP contribution in [-0.2, 0) is 4.79 Å². The molecule has 0 saturated carbocycles. The molecule has 0 fully saturated rings. The van der Waals surface area contributed by atoms with Gasteiger partial charge in [-0.1, -0.05) is 0 Å². The highest BCUT2D eigenvalue weighted by atomic mass is 16.4. The van der Waals surface area contributed by atoms with Crippen molar-refractivity contribution in [2.75, 3.05) is 20.2 Å². The van der Waals surface area contributed by atoms with Crippen LogP contribution in [0, 0.1) is 0 Å². The van der Waals surface area contributed by atoms with Crippen molar-refractivity contribution in [3.05, 3.63) is 0 Å². The summed E-state index contributed by atoms with van der Waals surface area (Å²) < 4.78 is 0. The fraction of sp³-hybridized carbons (Fsp3) is 0.875. The summed E-state index contributed by atoms with van der Waals surface area (Å²) in [5.74, 6) is -0.958. The fourth-order valence-corrected chi connectivity index (χ4v) is 0.765. The van der Waals surface area contributed by atoms with Gasteiger partial charge in [0.2, 0.25) is 0 Å². The smallest absolute Gasteiger partial charge is 0.323 e. The Morgan fingerprint density at radius 1 is 1.54 bits per heavy atom. The van der Waals surface area contributed by atoms with Crippen molar-refractivity contribution in [2.24, 2.45) is 0 Å². The molecule has 0 aromatic rings. The van der Waals surface area contributed by atoms with Crippen LogP contribution in [0.3, 0.4) is 0 Å². The van der Waals surface area contributed by atoms with E-state index in [0.717, 1.165) is 0 Å². The van der Waals surface area contributed by atoms with Gasteiger partial charge in [-0.05, 0) is 20.9 Å². The molecule has 0 aliphatic carbocycles. The fourth-order valence-electron chi connectivity index (χ4n) is 0.765. The molecule has 0 aromatic heterocycles. The van der Waals surface area contributed by atoms with Crippen LogP contribution < -0.4 is 0 Å². The van der Waals surface area contributed by atoms with Gasteiger partial charge < -0.3 is 15.3 Å². The molecule has 0 saturated heterocycles. The van der Waals surface area contributed by atoms with Crippen LogP contribution in [0.1, 0.15) is 13.8 Å². The summed E-state index contributed by atoms with van der Waals surface area (Å²) in [5.41, 5.74) is -1.03. The van der Waals surface area contributed by atoms with Gasteiger partial charge in [-0.2, -0.15) is 0 Å². The van der Waals surface area contributed by atoms with Crippen LogP contribution in [0.4, 0.5) is 0 Å². The van der Waals surface area contributed by atoms with E-state index in [9.17, 15) is 4.79 Å². The van der Waals surface area contributed by atoms with Gasteiger partial charge in [0.25, 0.3) is 0 Å². The topological polar surface area (TPSA) is 81.0 Å². The highest BCUT2D eigenvalue weighted by Crippen LogP contribution is 2.12. The van der Waals surface area contributed by atoms with E-state index in [2.05, 4.69) is 0 Å². The Kier molecular flexibility index (Phi) is 4.32. The summed E-state index contributed by atoms with van der Waals surface area (Å²) in [5, 5.41) is 26.5. The van der Waals surface area contributed by atoms with E-state index in [1.807, 2.05) is 0 Å². The number of hydrogen-bond donors (Lipinski definition) is 3. The van der Waals surface area contributed by atoms with Crippen molar-refractivity contribution in [1.82, 2.24) is 4.90 Å². The summed E-state index contributed by atoms with van der Waals surface area (Å²) in [7, 11) is 1.59. The summed E-state index contributed by atoms with van der Waals surface area (Å²) >= 11 is 0. The lowest BCUT2D eigenvalue weighted by Crippen LogP contribution is -2.50. The zero-order valence-electron chi connectivity index (χ0n) is 8.19. The first-order chi connectivity index (χ1) is 5.82. The lowest BCUT2D eigenvalue weighted by molar-refractivity contribution is -0.149. The molecule has 13 heavy (non-hydrogen) atoms. The van der Waals surface area contributed by atoms with Crippen molar-refractivity contribution in [2.45, 2.75) is 25.5 Å². The van der Waals surface area contributed by atoms with Crippen molar-refractivity contribution in [1.29, 1.82) is 0 Å². The van der Waals surface area contributed by atoms with E-state index in [1.165, 1.54) is 4.90 Å². The van der Waals surface area contributed by atoms with Gasteiger partial charge in [0.15, 0.2) is 0 Å². The Balaban J connectivity index is 4.24.